The molecule has 3 heteroatoms. The van der Waals surface area contributed by atoms with Crippen LogP contribution in [0.3, 0.4) is 0 Å². The van der Waals surface area contributed by atoms with Gasteiger partial charge in [-0.2, -0.15) is 11.8 Å². The fraction of sp³-hybridized carbons (Fsp3) is 0.571. The van der Waals surface area contributed by atoms with E-state index in [1.54, 1.807) is 0 Å². The lowest BCUT2D eigenvalue weighted by molar-refractivity contribution is -0.115. The first-order chi connectivity index (χ1) is 11.2. The van der Waals surface area contributed by atoms with Gasteiger partial charge in [-0.25, -0.2) is 0 Å². The minimum atomic E-state index is 0.0977. The molecular formula is C21H30O2S. The second kappa shape index (κ2) is 7.77. The Labute approximate surface area is 150 Å². The lowest BCUT2D eigenvalue weighted by Crippen LogP contribution is -2.22. The number of carbonyl (C=O) groups is 1. The van der Waals surface area contributed by atoms with Crippen molar-refractivity contribution in [2.24, 2.45) is 5.92 Å². The number of hydrogen-bond donors (Lipinski definition) is 1. The fourth-order valence-electron chi connectivity index (χ4n) is 3.99. The quantitative estimate of drug-likeness (QED) is 0.734. The van der Waals surface area contributed by atoms with Crippen LogP contribution < -0.4 is 0 Å². The summed E-state index contributed by atoms with van der Waals surface area (Å²) in [6.45, 7) is 12.7. The number of Topliss-reactive ketones (excluding diaryl/α,β-unsaturated/α-hetero) is 1. The van der Waals surface area contributed by atoms with Crippen molar-refractivity contribution in [1.29, 1.82) is 0 Å². The van der Waals surface area contributed by atoms with Gasteiger partial charge in [0, 0.05) is 18.1 Å². The van der Waals surface area contributed by atoms with Crippen molar-refractivity contribution in [3.05, 3.63) is 40.1 Å². The molecule has 0 bridgehead atoms. The van der Waals surface area contributed by atoms with Gasteiger partial charge < -0.3 is 5.11 Å². The van der Waals surface area contributed by atoms with Crippen molar-refractivity contribution in [3.8, 4) is 0 Å². The molecule has 132 valence electrons. The normalized spacial score (nSPS) is 20.0. The zero-order valence-corrected chi connectivity index (χ0v) is 16.6. The number of thioether (sulfide) groups is 1. The van der Waals surface area contributed by atoms with Crippen molar-refractivity contribution >= 4 is 23.1 Å². The van der Waals surface area contributed by atoms with E-state index in [9.17, 15) is 9.90 Å². The summed E-state index contributed by atoms with van der Waals surface area (Å²) in [5, 5.41) is 11.7. The number of ketones is 1. The molecule has 1 aliphatic rings. The molecule has 2 unspecified atom stereocenters. The second-order valence-corrected chi connectivity index (χ2v) is 9.54. The molecule has 2 atom stereocenters. The summed E-state index contributed by atoms with van der Waals surface area (Å²) in [6, 6.07) is 4.17. The van der Waals surface area contributed by atoms with Crippen LogP contribution in [0, 0.1) is 26.7 Å². The Morgan fingerprint density at radius 1 is 1.12 bits per heavy atom. The van der Waals surface area contributed by atoms with Gasteiger partial charge in [-0.15, -0.1) is 0 Å². The lowest BCUT2D eigenvalue weighted by Gasteiger charge is -2.27. The van der Waals surface area contributed by atoms with E-state index in [0.717, 1.165) is 23.1 Å². The summed E-state index contributed by atoms with van der Waals surface area (Å²) in [6.07, 6.45) is 2.16. The summed E-state index contributed by atoms with van der Waals surface area (Å²) in [7, 11) is 0. The first-order valence-electron chi connectivity index (χ1n) is 8.88. The van der Waals surface area contributed by atoms with Crippen LogP contribution in [0.5, 0.6) is 0 Å². The molecule has 0 aromatic heterocycles. The van der Waals surface area contributed by atoms with Crippen LogP contribution >= 0.6 is 11.8 Å². The topological polar surface area (TPSA) is 37.3 Å². The minimum Gasteiger partial charge on any atom is -0.512 e. The van der Waals surface area contributed by atoms with E-state index < -0.39 is 0 Å². The van der Waals surface area contributed by atoms with Crippen molar-refractivity contribution < 1.29 is 9.90 Å². The Bertz CT molecular complexity index is 635. The zero-order valence-electron chi connectivity index (χ0n) is 15.8. The highest BCUT2D eigenvalue weighted by Crippen LogP contribution is 2.38. The highest BCUT2D eigenvalue weighted by molar-refractivity contribution is 8.00. The number of aryl methyl sites for hydroxylation is 3. The maximum atomic E-state index is 12.8. The predicted octanol–water partition coefficient (Wildman–Crippen LogP) is 5.78. The van der Waals surface area contributed by atoms with E-state index in [1.165, 1.54) is 5.56 Å². The maximum Gasteiger partial charge on any atom is 0.167 e. The standard InChI is InChI=1S/C21H30O2S/c1-12(2)24-16(6)9-17-10-18(22)21(19(23)11-17)20-14(4)7-13(3)8-15(20)5/h7-8,12,16-17,22H,9-11H2,1-6H3. The zero-order chi connectivity index (χ0) is 18.0. The van der Waals surface area contributed by atoms with Crippen LogP contribution in [0.1, 0.15) is 62.3 Å². The molecule has 0 spiro atoms. The number of hydrogen-bond acceptors (Lipinski definition) is 3. The van der Waals surface area contributed by atoms with Crippen LogP contribution in [-0.2, 0) is 4.79 Å². The largest absolute Gasteiger partial charge is 0.512 e. The Morgan fingerprint density at radius 2 is 1.71 bits per heavy atom. The predicted molar refractivity (Wildman–Crippen MR) is 105 cm³/mol. The van der Waals surface area contributed by atoms with Crippen LogP contribution in [-0.4, -0.2) is 21.4 Å². The number of benzene rings is 1. The molecule has 24 heavy (non-hydrogen) atoms. The molecule has 0 fully saturated rings. The van der Waals surface area contributed by atoms with Crippen LogP contribution in [0.4, 0.5) is 0 Å². The third-order valence-electron chi connectivity index (χ3n) is 4.62. The van der Waals surface area contributed by atoms with Gasteiger partial charge in [0.05, 0.1) is 5.57 Å². The maximum absolute atomic E-state index is 12.8. The van der Waals surface area contributed by atoms with Gasteiger partial charge >= 0.3 is 0 Å². The molecule has 0 aliphatic heterocycles. The molecule has 0 amide bonds. The van der Waals surface area contributed by atoms with Crippen molar-refractivity contribution in [2.75, 3.05) is 0 Å². The SMILES string of the molecule is Cc1cc(C)c(C2=C(O)CC(CC(C)SC(C)C)CC2=O)c(C)c1. The van der Waals surface area contributed by atoms with Crippen LogP contribution in [0.2, 0.25) is 0 Å². The van der Waals surface area contributed by atoms with Crippen molar-refractivity contribution in [1.82, 2.24) is 0 Å². The van der Waals surface area contributed by atoms with E-state index in [-0.39, 0.29) is 17.5 Å². The summed E-state index contributed by atoms with van der Waals surface area (Å²) < 4.78 is 0. The van der Waals surface area contributed by atoms with E-state index in [4.69, 9.17) is 0 Å². The number of carbonyl (C=O) groups excluding carboxylic acids is 1. The van der Waals surface area contributed by atoms with Gasteiger partial charge in [-0.1, -0.05) is 38.5 Å². The first-order valence-corrected chi connectivity index (χ1v) is 9.82. The summed E-state index contributed by atoms with van der Waals surface area (Å²) in [4.78, 5) is 12.8. The Kier molecular flexibility index (Phi) is 6.19. The Hall–Kier alpha value is -1.22. The molecule has 0 saturated carbocycles. The van der Waals surface area contributed by atoms with Crippen LogP contribution in [0.15, 0.2) is 17.9 Å². The third-order valence-corrected chi connectivity index (χ3v) is 5.82. The highest BCUT2D eigenvalue weighted by atomic mass is 32.2. The molecule has 0 radical (unpaired) electrons. The van der Waals surface area contributed by atoms with Crippen LogP contribution in [0.25, 0.3) is 5.57 Å². The minimum absolute atomic E-state index is 0.0977. The number of aliphatic hydroxyl groups is 1. The smallest absolute Gasteiger partial charge is 0.167 e. The van der Waals surface area contributed by atoms with Gasteiger partial charge in [0.1, 0.15) is 5.76 Å². The average Bonchev–Trinajstić information content (AvgIpc) is 2.39. The van der Waals surface area contributed by atoms with Crippen molar-refractivity contribution in [2.45, 2.75) is 71.3 Å². The van der Waals surface area contributed by atoms with E-state index in [1.807, 2.05) is 25.6 Å². The third kappa shape index (κ3) is 4.44. The van der Waals surface area contributed by atoms with E-state index in [2.05, 4.69) is 39.8 Å². The molecule has 1 aliphatic carbocycles. The highest BCUT2D eigenvalue weighted by Gasteiger charge is 2.31. The van der Waals surface area contributed by atoms with Gasteiger partial charge in [0.2, 0.25) is 0 Å². The first kappa shape index (κ1) is 19.1. The fourth-order valence-corrected chi connectivity index (χ4v) is 5.30. The Morgan fingerprint density at radius 3 is 2.21 bits per heavy atom. The summed E-state index contributed by atoms with van der Waals surface area (Å²) >= 11 is 1.95. The molecule has 0 heterocycles. The van der Waals surface area contributed by atoms with Gasteiger partial charge in [-0.05, 0) is 55.1 Å². The van der Waals surface area contributed by atoms with Gasteiger partial charge in [-0.3, -0.25) is 4.79 Å². The molecule has 1 aromatic rings. The summed E-state index contributed by atoms with van der Waals surface area (Å²) in [5.41, 5.74) is 4.83. The van der Waals surface area contributed by atoms with E-state index >= 15 is 0 Å². The molecule has 1 aromatic carbocycles. The van der Waals surface area contributed by atoms with E-state index in [0.29, 0.717) is 28.9 Å². The number of allylic oxidation sites excluding steroid dienone is 2. The Balaban J connectivity index is 2.25. The molecular weight excluding hydrogens is 316 g/mol. The molecule has 0 saturated heterocycles. The summed E-state index contributed by atoms with van der Waals surface area (Å²) in [5.74, 6) is 0.641. The van der Waals surface area contributed by atoms with Crippen molar-refractivity contribution in [3.63, 3.8) is 0 Å². The number of rotatable bonds is 5. The second-order valence-electron chi connectivity index (χ2n) is 7.52. The molecule has 1 N–H and O–H groups in total. The van der Waals surface area contributed by atoms with Gasteiger partial charge in [0.25, 0.3) is 0 Å². The average molecular weight is 347 g/mol. The molecule has 2 nitrogen and oxygen atoms in total. The lowest BCUT2D eigenvalue weighted by atomic mass is 9.80. The number of aliphatic hydroxyl groups excluding tert-OH is 1. The molecule has 2 rings (SSSR count). The monoisotopic (exact) mass is 346 g/mol. The van der Waals surface area contributed by atoms with Gasteiger partial charge in [0.15, 0.2) is 5.78 Å².